The van der Waals surface area contributed by atoms with Crippen LogP contribution in [0.2, 0.25) is 0 Å². The van der Waals surface area contributed by atoms with E-state index in [2.05, 4.69) is 6.92 Å². The molecule has 1 aromatic carbocycles. The zero-order valence-electron chi connectivity index (χ0n) is 17.8. The number of phosphoric acid groups is 1. The monoisotopic (exact) mass is 427 g/mol. The normalized spacial score (nSPS) is 24.5. The third-order valence-electron chi connectivity index (χ3n) is 5.38. The lowest BCUT2D eigenvalue weighted by atomic mass is 9.94. The van der Waals surface area contributed by atoms with E-state index >= 15 is 0 Å². The van der Waals surface area contributed by atoms with Crippen LogP contribution in [0, 0.1) is 0 Å². The fourth-order valence-electron chi connectivity index (χ4n) is 3.39. The minimum Gasteiger partial charge on any atom is -0.494 e. The van der Waals surface area contributed by atoms with Crippen LogP contribution in [0.5, 0.6) is 5.75 Å². The van der Waals surface area contributed by atoms with E-state index in [4.69, 9.17) is 19.5 Å². The number of ether oxygens (including phenoxy) is 1. The van der Waals surface area contributed by atoms with Crippen LogP contribution in [0.4, 0.5) is 0 Å². The molecule has 1 aromatic rings. The Morgan fingerprint density at radius 2 is 1.55 bits per heavy atom. The molecule has 166 valence electrons. The van der Waals surface area contributed by atoms with E-state index < -0.39 is 13.4 Å². The topological polar surface area (TPSA) is 91.0 Å². The van der Waals surface area contributed by atoms with Gasteiger partial charge in [-0.2, -0.15) is 0 Å². The molecule has 1 fully saturated rings. The maximum absolute atomic E-state index is 11.3. The Kier molecular flexibility index (Phi) is 10.7. The number of phosphoric ester groups is 1. The summed E-state index contributed by atoms with van der Waals surface area (Å²) >= 11 is 0. The molecule has 0 amide bonds. The third kappa shape index (κ3) is 10.1. The van der Waals surface area contributed by atoms with Gasteiger partial charge in [0.1, 0.15) is 5.75 Å². The molecule has 1 aliphatic heterocycles. The van der Waals surface area contributed by atoms with Gasteiger partial charge in [-0.1, -0.05) is 70.4 Å². The molecule has 0 aromatic heterocycles. The molecule has 0 unspecified atom stereocenters. The van der Waals surface area contributed by atoms with Gasteiger partial charge in [0.25, 0.3) is 0 Å². The van der Waals surface area contributed by atoms with E-state index in [0.717, 1.165) is 30.8 Å². The molecule has 1 saturated heterocycles. The highest BCUT2D eigenvalue weighted by Crippen LogP contribution is 2.47. The van der Waals surface area contributed by atoms with Crippen molar-refractivity contribution in [3.8, 4) is 5.75 Å². The Balaban J connectivity index is 1.55. The van der Waals surface area contributed by atoms with Gasteiger partial charge in [0, 0.05) is 0 Å². The Bertz CT molecular complexity index is 610. The van der Waals surface area contributed by atoms with Crippen molar-refractivity contribution in [3.63, 3.8) is 0 Å². The van der Waals surface area contributed by atoms with Crippen molar-refractivity contribution in [2.24, 2.45) is 5.73 Å². The van der Waals surface area contributed by atoms with Gasteiger partial charge >= 0.3 is 7.82 Å². The standard InChI is InChI=1S/C22H38NO5P/c1-2-3-4-5-6-7-8-9-10-17-26-21-13-11-20(12-14-21)15-16-22(23)18-27-29(24,25)28-19-22/h11-14H,2-10,15-19,23H2,1H3,(H,24,25). The van der Waals surface area contributed by atoms with Crippen molar-refractivity contribution >= 4 is 7.82 Å². The molecule has 0 bridgehead atoms. The second kappa shape index (κ2) is 12.7. The molecule has 6 nitrogen and oxygen atoms in total. The van der Waals surface area contributed by atoms with E-state index in [-0.39, 0.29) is 13.2 Å². The van der Waals surface area contributed by atoms with Gasteiger partial charge in [-0.3, -0.25) is 9.05 Å². The lowest BCUT2D eigenvalue weighted by molar-refractivity contribution is 0.0372. The number of rotatable bonds is 14. The zero-order valence-corrected chi connectivity index (χ0v) is 18.7. The summed E-state index contributed by atoms with van der Waals surface area (Å²) in [7, 11) is -3.89. The van der Waals surface area contributed by atoms with Crippen LogP contribution in [0.3, 0.4) is 0 Å². The van der Waals surface area contributed by atoms with Gasteiger partial charge in [-0.25, -0.2) is 4.57 Å². The van der Waals surface area contributed by atoms with Crippen LogP contribution >= 0.6 is 7.82 Å². The minimum atomic E-state index is -3.89. The average molecular weight is 428 g/mol. The van der Waals surface area contributed by atoms with Crippen molar-refractivity contribution in [2.75, 3.05) is 19.8 Å². The number of aryl methyl sites for hydroxylation is 1. The highest BCUT2D eigenvalue weighted by molar-refractivity contribution is 7.47. The summed E-state index contributed by atoms with van der Waals surface area (Å²) in [6.07, 6.45) is 13.1. The SMILES string of the molecule is CCCCCCCCCCCOc1ccc(CCC2(N)COP(=O)(O)OC2)cc1. The van der Waals surface area contributed by atoms with Crippen LogP contribution in [0.25, 0.3) is 0 Å². The van der Waals surface area contributed by atoms with Crippen molar-refractivity contribution in [3.05, 3.63) is 29.8 Å². The van der Waals surface area contributed by atoms with E-state index in [1.165, 1.54) is 51.4 Å². The molecule has 0 aliphatic carbocycles. The van der Waals surface area contributed by atoms with Crippen molar-refractivity contribution < 1.29 is 23.2 Å². The van der Waals surface area contributed by atoms with E-state index in [1.807, 2.05) is 24.3 Å². The number of unbranched alkanes of at least 4 members (excludes halogenated alkanes) is 8. The Labute approximate surface area is 175 Å². The Morgan fingerprint density at radius 3 is 2.14 bits per heavy atom. The quantitative estimate of drug-likeness (QED) is 0.306. The summed E-state index contributed by atoms with van der Waals surface area (Å²) < 4.78 is 26.8. The van der Waals surface area contributed by atoms with E-state index in [1.54, 1.807) is 0 Å². The predicted molar refractivity (Wildman–Crippen MR) is 116 cm³/mol. The van der Waals surface area contributed by atoms with Gasteiger partial charge < -0.3 is 15.4 Å². The molecule has 7 heteroatoms. The Hall–Kier alpha value is -0.910. The largest absolute Gasteiger partial charge is 0.494 e. The van der Waals surface area contributed by atoms with E-state index in [9.17, 15) is 9.46 Å². The molecule has 0 atom stereocenters. The van der Waals surface area contributed by atoms with Gasteiger partial charge in [0.15, 0.2) is 0 Å². The van der Waals surface area contributed by atoms with Crippen LogP contribution in [0.1, 0.15) is 76.7 Å². The fourth-order valence-corrected chi connectivity index (χ4v) is 4.31. The van der Waals surface area contributed by atoms with Crippen LogP contribution in [-0.4, -0.2) is 30.3 Å². The van der Waals surface area contributed by atoms with Crippen LogP contribution < -0.4 is 10.5 Å². The van der Waals surface area contributed by atoms with Gasteiger partial charge in [0.05, 0.1) is 25.4 Å². The first-order valence-corrected chi connectivity index (χ1v) is 12.5. The van der Waals surface area contributed by atoms with Crippen molar-refractivity contribution in [2.45, 2.75) is 83.1 Å². The third-order valence-corrected chi connectivity index (χ3v) is 6.29. The zero-order chi connectivity index (χ0) is 21.0. The fraction of sp³-hybridized carbons (Fsp3) is 0.727. The number of benzene rings is 1. The second-order valence-electron chi connectivity index (χ2n) is 8.20. The number of nitrogens with two attached hydrogens (primary N) is 1. The van der Waals surface area contributed by atoms with Crippen molar-refractivity contribution in [1.82, 2.24) is 0 Å². The summed E-state index contributed by atoms with van der Waals surface area (Å²) in [5.41, 5.74) is 6.60. The van der Waals surface area contributed by atoms with Crippen LogP contribution in [0.15, 0.2) is 24.3 Å². The molecule has 2 rings (SSSR count). The molecule has 0 saturated carbocycles. The van der Waals surface area contributed by atoms with Crippen molar-refractivity contribution in [1.29, 1.82) is 0 Å². The first-order valence-electron chi connectivity index (χ1n) is 11.0. The molecule has 0 radical (unpaired) electrons. The number of hydrogen-bond donors (Lipinski definition) is 2. The highest BCUT2D eigenvalue weighted by atomic mass is 31.2. The average Bonchev–Trinajstić information content (AvgIpc) is 2.71. The summed E-state index contributed by atoms with van der Waals surface area (Å²) in [5.74, 6) is 0.890. The summed E-state index contributed by atoms with van der Waals surface area (Å²) in [6, 6.07) is 8.05. The summed E-state index contributed by atoms with van der Waals surface area (Å²) in [4.78, 5) is 9.23. The molecule has 29 heavy (non-hydrogen) atoms. The highest BCUT2D eigenvalue weighted by Gasteiger charge is 2.38. The summed E-state index contributed by atoms with van der Waals surface area (Å²) in [6.45, 7) is 3.07. The smallest absolute Gasteiger partial charge is 0.472 e. The van der Waals surface area contributed by atoms with Gasteiger partial charge in [-0.15, -0.1) is 0 Å². The lowest BCUT2D eigenvalue weighted by Crippen LogP contribution is -2.51. The summed E-state index contributed by atoms with van der Waals surface area (Å²) in [5, 5.41) is 0. The first-order chi connectivity index (χ1) is 13.9. The van der Waals surface area contributed by atoms with Gasteiger partial charge in [-0.05, 0) is 37.0 Å². The molecule has 1 heterocycles. The molecular weight excluding hydrogens is 389 g/mol. The molecule has 1 aliphatic rings. The Morgan fingerprint density at radius 1 is 1.00 bits per heavy atom. The van der Waals surface area contributed by atoms with E-state index in [0.29, 0.717) is 6.42 Å². The molecular formula is C22H38NO5P. The maximum Gasteiger partial charge on any atom is 0.472 e. The number of hydrogen-bond acceptors (Lipinski definition) is 5. The first kappa shape index (κ1) is 24.4. The maximum atomic E-state index is 11.3. The van der Waals surface area contributed by atoms with Gasteiger partial charge in [0.2, 0.25) is 0 Å². The molecule has 3 N–H and O–H groups in total. The minimum absolute atomic E-state index is 0.0285. The molecule has 0 spiro atoms. The van der Waals surface area contributed by atoms with Crippen LogP contribution in [-0.2, 0) is 20.0 Å². The lowest BCUT2D eigenvalue weighted by Gasteiger charge is -2.34. The second-order valence-corrected chi connectivity index (χ2v) is 9.65. The predicted octanol–water partition coefficient (Wildman–Crippen LogP) is 5.37.